The number of carbonyl (C=O) groups excluding carboxylic acids is 1. The lowest BCUT2D eigenvalue weighted by atomic mass is 10.0. The number of hydrogen-bond acceptors (Lipinski definition) is 5. The van der Waals surface area contributed by atoms with Crippen LogP contribution in [0.15, 0.2) is 77.7 Å². The lowest BCUT2D eigenvalue weighted by Crippen LogP contribution is -2.36. The molecule has 0 radical (unpaired) electrons. The molecule has 1 aliphatic rings. The average Bonchev–Trinajstić information content (AvgIpc) is 2.83. The van der Waals surface area contributed by atoms with Crippen molar-refractivity contribution in [2.45, 2.75) is 24.8 Å². The van der Waals surface area contributed by atoms with Crippen molar-refractivity contribution in [1.29, 1.82) is 0 Å². The Balaban J connectivity index is 1.45. The van der Waals surface area contributed by atoms with Gasteiger partial charge in [-0.2, -0.15) is 4.31 Å². The molecule has 174 valence electrons. The van der Waals surface area contributed by atoms with Crippen LogP contribution in [0.4, 0.5) is 11.4 Å². The van der Waals surface area contributed by atoms with E-state index < -0.39 is 14.9 Å². The number of anilines is 1. The Labute approximate surface area is 197 Å². The summed E-state index contributed by atoms with van der Waals surface area (Å²) in [5.41, 5.74) is 4.09. The maximum absolute atomic E-state index is 13.1. The largest absolute Gasteiger partial charge is 0.323 e. The third kappa shape index (κ3) is 5.22. The molecule has 0 unspecified atom stereocenters. The van der Waals surface area contributed by atoms with Gasteiger partial charge in [-0.25, -0.2) is 8.42 Å². The monoisotopic (exact) mass is 477 g/mol. The molecule has 1 amide bonds. The van der Waals surface area contributed by atoms with Gasteiger partial charge in [0.05, 0.1) is 9.82 Å². The second-order valence-corrected chi connectivity index (χ2v) is 9.99. The van der Waals surface area contributed by atoms with Gasteiger partial charge in [0.25, 0.3) is 5.69 Å². The highest BCUT2D eigenvalue weighted by Gasteiger charge is 2.28. The predicted octanol–water partition coefficient (Wildman–Crippen LogP) is 4.30. The molecule has 1 N–H and O–H groups in total. The summed E-state index contributed by atoms with van der Waals surface area (Å²) in [6.45, 7) is 2.53. The van der Waals surface area contributed by atoms with Crippen LogP contribution < -0.4 is 5.32 Å². The Hall–Kier alpha value is -3.82. The van der Waals surface area contributed by atoms with Crippen molar-refractivity contribution in [2.24, 2.45) is 0 Å². The Kier molecular flexibility index (Phi) is 6.58. The zero-order chi connectivity index (χ0) is 24.3. The summed E-state index contributed by atoms with van der Waals surface area (Å²) in [5, 5.41) is 13.5. The fourth-order valence-corrected chi connectivity index (χ4v) is 5.16. The van der Waals surface area contributed by atoms with Gasteiger partial charge in [-0.1, -0.05) is 23.8 Å². The molecule has 3 aromatic rings. The molecule has 3 aromatic carbocycles. The summed E-state index contributed by atoms with van der Waals surface area (Å²) < 4.78 is 27.6. The standard InChI is InChI=1S/C25H23N3O5S/c1-18-2-11-24(12-3-18)34(32,33)27-15-14-20-7-8-22(16-21(20)17-27)26-25(29)13-6-19-4-9-23(10-5-19)28(30)31/h2-13,16H,14-15,17H2,1H3,(H,26,29)/b13-6+. The van der Waals surface area contributed by atoms with Crippen LogP contribution in [-0.2, 0) is 27.8 Å². The quantitative estimate of drug-likeness (QED) is 0.323. The zero-order valence-electron chi connectivity index (χ0n) is 18.5. The fourth-order valence-electron chi connectivity index (χ4n) is 3.74. The number of non-ortho nitro benzene ring substituents is 1. The third-order valence-electron chi connectivity index (χ3n) is 5.64. The highest BCUT2D eigenvalue weighted by atomic mass is 32.2. The molecular formula is C25H23N3O5S. The van der Waals surface area contributed by atoms with E-state index in [0.717, 1.165) is 16.7 Å². The number of nitrogens with one attached hydrogen (secondary N) is 1. The van der Waals surface area contributed by atoms with E-state index in [1.165, 1.54) is 22.5 Å². The van der Waals surface area contributed by atoms with Crippen LogP contribution in [0.1, 0.15) is 22.3 Å². The first-order chi connectivity index (χ1) is 16.2. The lowest BCUT2D eigenvalue weighted by Gasteiger charge is -2.28. The normalized spacial score (nSPS) is 14.0. The highest BCUT2D eigenvalue weighted by Crippen LogP contribution is 2.27. The number of benzene rings is 3. The molecule has 1 aliphatic heterocycles. The summed E-state index contributed by atoms with van der Waals surface area (Å²) in [5.74, 6) is -0.363. The molecule has 0 saturated carbocycles. The number of sulfonamides is 1. The number of nitro groups is 1. The molecule has 0 spiro atoms. The number of fused-ring (bicyclic) bond motifs is 1. The van der Waals surface area contributed by atoms with E-state index in [2.05, 4.69) is 5.32 Å². The first-order valence-electron chi connectivity index (χ1n) is 10.6. The van der Waals surface area contributed by atoms with E-state index in [0.29, 0.717) is 24.2 Å². The van der Waals surface area contributed by atoms with Gasteiger partial charge < -0.3 is 5.32 Å². The van der Waals surface area contributed by atoms with Crippen LogP contribution >= 0.6 is 0 Å². The van der Waals surface area contributed by atoms with Gasteiger partial charge in [0.2, 0.25) is 15.9 Å². The van der Waals surface area contributed by atoms with Crippen molar-refractivity contribution in [3.05, 3.63) is 105 Å². The van der Waals surface area contributed by atoms with E-state index in [4.69, 9.17) is 0 Å². The molecule has 0 fully saturated rings. The zero-order valence-corrected chi connectivity index (χ0v) is 19.3. The van der Waals surface area contributed by atoms with Gasteiger partial charge in [-0.3, -0.25) is 14.9 Å². The van der Waals surface area contributed by atoms with Crippen LogP contribution in [0.25, 0.3) is 6.08 Å². The Morgan fingerprint density at radius 3 is 2.41 bits per heavy atom. The first kappa shape index (κ1) is 23.3. The molecule has 0 aromatic heterocycles. The lowest BCUT2D eigenvalue weighted by molar-refractivity contribution is -0.384. The molecule has 0 bridgehead atoms. The summed E-state index contributed by atoms with van der Waals surface area (Å²) in [4.78, 5) is 22.9. The van der Waals surface area contributed by atoms with Gasteiger partial charge in [-0.05, 0) is 72.5 Å². The van der Waals surface area contributed by atoms with Gasteiger partial charge in [0.1, 0.15) is 0 Å². The minimum atomic E-state index is -3.61. The van der Waals surface area contributed by atoms with Gasteiger partial charge in [-0.15, -0.1) is 0 Å². The number of nitro benzene ring substituents is 1. The molecule has 1 heterocycles. The van der Waals surface area contributed by atoms with Crippen molar-refractivity contribution >= 4 is 33.4 Å². The minimum Gasteiger partial charge on any atom is -0.323 e. The SMILES string of the molecule is Cc1ccc(S(=O)(=O)N2CCc3ccc(NC(=O)/C=C/c4ccc([N+](=O)[O-])cc4)cc3C2)cc1. The van der Waals surface area contributed by atoms with E-state index in [9.17, 15) is 23.3 Å². The smallest absolute Gasteiger partial charge is 0.269 e. The Morgan fingerprint density at radius 1 is 1.03 bits per heavy atom. The molecule has 34 heavy (non-hydrogen) atoms. The average molecular weight is 478 g/mol. The predicted molar refractivity (Wildman–Crippen MR) is 130 cm³/mol. The van der Waals surface area contributed by atoms with Crippen molar-refractivity contribution in [2.75, 3.05) is 11.9 Å². The Bertz CT molecular complexity index is 1360. The number of amides is 1. The van der Waals surface area contributed by atoms with Crippen molar-refractivity contribution < 1.29 is 18.1 Å². The van der Waals surface area contributed by atoms with Crippen LogP contribution in [0.5, 0.6) is 0 Å². The van der Waals surface area contributed by atoms with E-state index >= 15 is 0 Å². The summed E-state index contributed by atoms with van der Waals surface area (Å²) in [6.07, 6.45) is 3.50. The van der Waals surface area contributed by atoms with Crippen molar-refractivity contribution in [3.8, 4) is 0 Å². The molecule has 0 saturated heterocycles. The van der Waals surface area contributed by atoms with Crippen LogP contribution in [0.2, 0.25) is 0 Å². The number of rotatable bonds is 6. The number of nitrogens with zero attached hydrogens (tertiary/aromatic N) is 2. The number of hydrogen-bond donors (Lipinski definition) is 1. The van der Waals surface area contributed by atoms with Crippen molar-refractivity contribution in [1.82, 2.24) is 4.31 Å². The topological polar surface area (TPSA) is 110 Å². The fraction of sp³-hybridized carbons (Fsp3) is 0.160. The van der Waals surface area contributed by atoms with Gasteiger partial charge >= 0.3 is 0 Å². The molecular weight excluding hydrogens is 454 g/mol. The third-order valence-corrected chi connectivity index (χ3v) is 7.50. The summed E-state index contributed by atoms with van der Waals surface area (Å²) in [6, 6.07) is 18.2. The van der Waals surface area contributed by atoms with Crippen LogP contribution in [-0.4, -0.2) is 30.1 Å². The number of carbonyl (C=O) groups is 1. The summed E-state index contributed by atoms with van der Waals surface area (Å²) in [7, 11) is -3.61. The molecule has 0 aliphatic carbocycles. The van der Waals surface area contributed by atoms with Crippen molar-refractivity contribution in [3.63, 3.8) is 0 Å². The number of aryl methyl sites for hydroxylation is 1. The molecule has 0 atom stereocenters. The Morgan fingerprint density at radius 2 is 1.74 bits per heavy atom. The van der Waals surface area contributed by atoms with Gasteiger partial charge in [0.15, 0.2) is 0 Å². The first-order valence-corrected chi connectivity index (χ1v) is 12.1. The molecule has 9 heteroatoms. The van der Waals surface area contributed by atoms with E-state index in [-0.39, 0.29) is 23.0 Å². The highest BCUT2D eigenvalue weighted by molar-refractivity contribution is 7.89. The second kappa shape index (κ2) is 9.58. The van der Waals surface area contributed by atoms with E-state index in [1.807, 2.05) is 13.0 Å². The van der Waals surface area contributed by atoms with Crippen LogP contribution in [0.3, 0.4) is 0 Å². The van der Waals surface area contributed by atoms with E-state index in [1.54, 1.807) is 54.6 Å². The van der Waals surface area contributed by atoms with Crippen LogP contribution in [0, 0.1) is 17.0 Å². The maximum atomic E-state index is 13.1. The second-order valence-electron chi connectivity index (χ2n) is 8.06. The minimum absolute atomic E-state index is 0.0194. The summed E-state index contributed by atoms with van der Waals surface area (Å²) >= 11 is 0. The maximum Gasteiger partial charge on any atom is 0.269 e. The molecule has 8 nitrogen and oxygen atoms in total. The van der Waals surface area contributed by atoms with Gasteiger partial charge in [0, 0.05) is 37.0 Å². The molecule has 4 rings (SSSR count).